The maximum atomic E-state index is 13.2. The van der Waals surface area contributed by atoms with Gasteiger partial charge >= 0.3 is 6.18 Å². The number of pyridine rings is 2. The number of carbonyl (C=O) groups is 1. The predicted molar refractivity (Wildman–Crippen MR) is 84.7 cm³/mol. The molecule has 1 amide bonds. The SMILES string of the molecule is O=C(CCc1cn2ccccc2n1)N[C@H](c1cccnc1)C(F)(F)F. The molecule has 0 radical (unpaired) electrons. The molecule has 5 nitrogen and oxygen atoms in total. The second-order valence-electron chi connectivity index (χ2n) is 5.53. The molecule has 0 aliphatic rings. The van der Waals surface area contributed by atoms with Crippen molar-refractivity contribution in [3.8, 4) is 0 Å². The minimum Gasteiger partial charge on any atom is -0.341 e. The number of imidazole rings is 1. The number of hydrogen-bond acceptors (Lipinski definition) is 3. The van der Waals surface area contributed by atoms with E-state index < -0.39 is 18.1 Å². The van der Waals surface area contributed by atoms with E-state index in [2.05, 4.69) is 9.97 Å². The molecule has 1 N–H and O–H groups in total. The normalized spacial score (nSPS) is 12.9. The standard InChI is InChI=1S/C17H15F3N4O/c18-17(19,20)16(12-4-3-8-21-10-12)23-15(25)7-6-13-11-24-9-2-1-5-14(24)22-13/h1-5,8-11,16H,6-7H2,(H,23,25)/t16-/m1/s1. The summed E-state index contributed by atoms with van der Waals surface area (Å²) in [4.78, 5) is 20.0. The second kappa shape index (κ2) is 6.92. The molecule has 1 atom stereocenters. The van der Waals surface area contributed by atoms with Gasteiger partial charge in [-0.25, -0.2) is 4.98 Å². The van der Waals surface area contributed by atoms with Gasteiger partial charge in [0.05, 0.1) is 5.69 Å². The highest BCUT2D eigenvalue weighted by Crippen LogP contribution is 2.32. The van der Waals surface area contributed by atoms with E-state index in [1.165, 1.54) is 18.3 Å². The fourth-order valence-corrected chi connectivity index (χ4v) is 2.48. The molecule has 0 spiro atoms. The van der Waals surface area contributed by atoms with Gasteiger partial charge in [0.1, 0.15) is 5.65 Å². The Morgan fingerprint density at radius 1 is 1.24 bits per heavy atom. The number of aromatic nitrogens is 3. The summed E-state index contributed by atoms with van der Waals surface area (Å²) in [6, 6.07) is 6.10. The summed E-state index contributed by atoms with van der Waals surface area (Å²) in [5.74, 6) is -0.691. The van der Waals surface area contributed by atoms with Gasteiger partial charge in [-0.3, -0.25) is 9.78 Å². The number of carbonyl (C=O) groups excluding carboxylic acids is 1. The van der Waals surface area contributed by atoms with Gasteiger partial charge < -0.3 is 9.72 Å². The first-order chi connectivity index (χ1) is 11.9. The summed E-state index contributed by atoms with van der Waals surface area (Å²) in [6.07, 6.45) is 1.62. The number of aryl methyl sites for hydroxylation is 1. The van der Waals surface area contributed by atoms with Crippen molar-refractivity contribution in [1.82, 2.24) is 19.7 Å². The van der Waals surface area contributed by atoms with Crippen molar-refractivity contribution >= 4 is 11.6 Å². The van der Waals surface area contributed by atoms with Gasteiger partial charge in [0.2, 0.25) is 5.91 Å². The predicted octanol–water partition coefficient (Wildman–Crippen LogP) is 3.08. The molecule has 3 aromatic rings. The summed E-state index contributed by atoms with van der Waals surface area (Å²) in [6.45, 7) is 0. The lowest BCUT2D eigenvalue weighted by Gasteiger charge is -2.21. The van der Waals surface area contributed by atoms with E-state index in [0.29, 0.717) is 5.69 Å². The Labute approximate surface area is 141 Å². The van der Waals surface area contributed by atoms with E-state index in [9.17, 15) is 18.0 Å². The number of amides is 1. The van der Waals surface area contributed by atoms with Crippen LogP contribution in [0.15, 0.2) is 55.1 Å². The zero-order chi connectivity index (χ0) is 17.9. The average molecular weight is 348 g/mol. The molecule has 0 aliphatic heterocycles. The van der Waals surface area contributed by atoms with Crippen molar-refractivity contribution in [2.24, 2.45) is 0 Å². The van der Waals surface area contributed by atoms with Crippen molar-refractivity contribution in [3.05, 3.63) is 66.4 Å². The van der Waals surface area contributed by atoms with Crippen LogP contribution >= 0.6 is 0 Å². The van der Waals surface area contributed by atoms with E-state index in [-0.39, 0.29) is 18.4 Å². The first-order valence-corrected chi connectivity index (χ1v) is 7.62. The summed E-state index contributed by atoms with van der Waals surface area (Å²) in [5.41, 5.74) is 1.27. The number of alkyl halides is 3. The smallest absolute Gasteiger partial charge is 0.341 e. The van der Waals surface area contributed by atoms with E-state index >= 15 is 0 Å². The Morgan fingerprint density at radius 3 is 2.76 bits per heavy atom. The molecule has 0 unspecified atom stereocenters. The van der Waals surface area contributed by atoms with E-state index in [4.69, 9.17) is 0 Å². The molecule has 8 heteroatoms. The highest BCUT2D eigenvalue weighted by molar-refractivity contribution is 5.76. The molecule has 3 heterocycles. The van der Waals surface area contributed by atoms with Crippen LogP contribution in [0.1, 0.15) is 23.7 Å². The third-order valence-corrected chi connectivity index (χ3v) is 3.67. The van der Waals surface area contributed by atoms with Crippen LogP contribution in [-0.4, -0.2) is 26.5 Å². The Hall–Kier alpha value is -2.90. The lowest BCUT2D eigenvalue weighted by Crippen LogP contribution is -2.38. The fourth-order valence-electron chi connectivity index (χ4n) is 2.48. The maximum absolute atomic E-state index is 13.2. The van der Waals surface area contributed by atoms with E-state index in [1.807, 2.05) is 29.7 Å². The van der Waals surface area contributed by atoms with Gasteiger partial charge in [-0.15, -0.1) is 0 Å². The van der Waals surface area contributed by atoms with Gasteiger partial charge in [-0.1, -0.05) is 12.1 Å². The summed E-state index contributed by atoms with van der Waals surface area (Å²) < 4.78 is 41.4. The molecule has 130 valence electrons. The molecule has 3 aromatic heterocycles. The highest BCUT2D eigenvalue weighted by Gasteiger charge is 2.41. The lowest BCUT2D eigenvalue weighted by atomic mass is 10.1. The number of rotatable bonds is 5. The van der Waals surface area contributed by atoms with Crippen molar-refractivity contribution in [1.29, 1.82) is 0 Å². The quantitative estimate of drug-likeness (QED) is 0.771. The number of hydrogen-bond donors (Lipinski definition) is 1. The zero-order valence-electron chi connectivity index (χ0n) is 13.1. The van der Waals surface area contributed by atoms with Gasteiger partial charge in [0.15, 0.2) is 6.04 Å². The Kier molecular flexibility index (Phi) is 4.69. The molecule has 3 rings (SSSR count). The molecule has 0 aliphatic carbocycles. The molecule has 0 saturated carbocycles. The molecular weight excluding hydrogens is 333 g/mol. The topological polar surface area (TPSA) is 59.3 Å². The third-order valence-electron chi connectivity index (χ3n) is 3.67. The van der Waals surface area contributed by atoms with Gasteiger partial charge in [-0.2, -0.15) is 13.2 Å². The van der Waals surface area contributed by atoms with Crippen molar-refractivity contribution in [3.63, 3.8) is 0 Å². The fraction of sp³-hybridized carbons (Fsp3) is 0.235. The van der Waals surface area contributed by atoms with E-state index in [0.717, 1.165) is 11.8 Å². The minimum atomic E-state index is -4.60. The van der Waals surface area contributed by atoms with Crippen LogP contribution in [0.3, 0.4) is 0 Å². The van der Waals surface area contributed by atoms with Gasteiger partial charge in [-0.05, 0) is 24.6 Å². The minimum absolute atomic E-state index is 0.0866. The Bertz CT molecular complexity index is 828. The average Bonchev–Trinajstić information content (AvgIpc) is 3.00. The van der Waals surface area contributed by atoms with Crippen LogP contribution < -0.4 is 5.32 Å². The number of halogens is 3. The van der Waals surface area contributed by atoms with Crippen LogP contribution in [0.4, 0.5) is 13.2 Å². The zero-order valence-corrected chi connectivity index (χ0v) is 13.1. The van der Waals surface area contributed by atoms with Crippen LogP contribution in [0, 0.1) is 0 Å². The third kappa shape index (κ3) is 4.14. The summed E-state index contributed by atoms with van der Waals surface area (Å²) in [5, 5.41) is 2.04. The van der Waals surface area contributed by atoms with Gasteiger partial charge in [0.25, 0.3) is 0 Å². The molecule has 0 fully saturated rings. The lowest BCUT2D eigenvalue weighted by molar-refractivity contribution is -0.163. The summed E-state index contributed by atoms with van der Waals surface area (Å²) in [7, 11) is 0. The monoisotopic (exact) mass is 348 g/mol. The Morgan fingerprint density at radius 2 is 2.08 bits per heavy atom. The Balaban J connectivity index is 1.65. The highest BCUT2D eigenvalue weighted by atomic mass is 19.4. The van der Waals surface area contributed by atoms with Crippen LogP contribution in [0.25, 0.3) is 5.65 Å². The number of fused-ring (bicyclic) bond motifs is 1. The van der Waals surface area contributed by atoms with Crippen molar-refractivity contribution in [2.75, 3.05) is 0 Å². The molecule has 0 bridgehead atoms. The number of nitrogens with zero attached hydrogens (tertiary/aromatic N) is 3. The van der Waals surface area contributed by atoms with Crippen molar-refractivity contribution in [2.45, 2.75) is 25.1 Å². The largest absolute Gasteiger partial charge is 0.412 e. The molecule has 0 saturated heterocycles. The van der Waals surface area contributed by atoms with Crippen LogP contribution in [0.5, 0.6) is 0 Å². The van der Waals surface area contributed by atoms with Gasteiger partial charge in [0, 0.05) is 36.8 Å². The first kappa shape index (κ1) is 16.9. The van der Waals surface area contributed by atoms with E-state index in [1.54, 1.807) is 10.6 Å². The maximum Gasteiger partial charge on any atom is 0.412 e. The summed E-state index contributed by atoms with van der Waals surface area (Å²) >= 11 is 0. The van der Waals surface area contributed by atoms with Crippen LogP contribution in [-0.2, 0) is 11.2 Å². The number of nitrogens with one attached hydrogen (secondary N) is 1. The molecule has 25 heavy (non-hydrogen) atoms. The van der Waals surface area contributed by atoms with Crippen LogP contribution in [0.2, 0.25) is 0 Å². The van der Waals surface area contributed by atoms with Crippen molar-refractivity contribution < 1.29 is 18.0 Å². The first-order valence-electron chi connectivity index (χ1n) is 7.62. The molecular formula is C17H15F3N4O. The second-order valence-corrected chi connectivity index (χ2v) is 5.53. The molecule has 0 aromatic carbocycles.